The zero-order valence-corrected chi connectivity index (χ0v) is 11.3. The summed E-state index contributed by atoms with van der Waals surface area (Å²) in [5.74, 6) is 1.78. The van der Waals surface area contributed by atoms with Crippen molar-refractivity contribution in [1.82, 2.24) is 24.7 Å². The Kier molecular flexibility index (Phi) is 3.14. The highest BCUT2D eigenvalue weighted by Crippen LogP contribution is 2.21. The van der Waals surface area contributed by atoms with Crippen LogP contribution in [0.25, 0.3) is 11.5 Å². The Balaban J connectivity index is 2.60. The lowest BCUT2D eigenvalue weighted by atomic mass is 10.2. The standard InChI is InChI=1S/C11H17N7/c1-7-6-13-18(5)8(7)9-14-10(12-2)16-11(15-9)17(3)4/h6H,1-5H3,(H,12,14,15,16). The van der Waals surface area contributed by atoms with Gasteiger partial charge in [-0.15, -0.1) is 0 Å². The van der Waals surface area contributed by atoms with Crippen molar-refractivity contribution in [2.75, 3.05) is 31.4 Å². The molecule has 2 rings (SSSR count). The van der Waals surface area contributed by atoms with Crippen LogP contribution in [0.3, 0.4) is 0 Å². The van der Waals surface area contributed by atoms with E-state index >= 15 is 0 Å². The number of rotatable bonds is 3. The Morgan fingerprint density at radius 3 is 2.44 bits per heavy atom. The number of nitrogens with zero attached hydrogens (tertiary/aromatic N) is 6. The summed E-state index contributed by atoms with van der Waals surface area (Å²) in [6.07, 6.45) is 1.80. The topological polar surface area (TPSA) is 71.8 Å². The molecule has 0 aliphatic rings. The Morgan fingerprint density at radius 2 is 1.94 bits per heavy atom. The third kappa shape index (κ3) is 2.11. The first-order chi connectivity index (χ1) is 8.52. The fraction of sp³-hybridized carbons (Fsp3) is 0.455. The predicted octanol–water partition coefficient (Wildman–Crippen LogP) is 0.688. The van der Waals surface area contributed by atoms with Crippen LogP contribution in [0.15, 0.2) is 6.20 Å². The fourth-order valence-electron chi connectivity index (χ4n) is 1.65. The van der Waals surface area contributed by atoms with Crippen molar-refractivity contribution in [3.63, 3.8) is 0 Å². The molecule has 0 saturated carbocycles. The van der Waals surface area contributed by atoms with E-state index in [0.29, 0.717) is 17.7 Å². The molecule has 0 aromatic carbocycles. The monoisotopic (exact) mass is 247 g/mol. The van der Waals surface area contributed by atoms with E-state index in [1.54, 1.807) is 17.9 Å². The van der Waals surface area contributed by atoms with Crippen molar-refractivity contribution >= 4 is 11.9 Å². The van der Waals surface area contributed by atoms with Crippen LogP contribution >= 0.6 is 0 Å². The van der Waals surface area contributed by atoms with Crippen molar-refractivity contribution in [1.29, 1.82) is 0 Å². The molecule has 1 N–H and O–H groups in total. The van der Waals surface area contributed by atoms with Gasteiger partial charge < -0.3 is 10.2 Å². The Morgan fingerprint density at radius 1 is 1.22 bits per heavy atom. The third-order valence-electron chi connectivity index (χ3n) is 2.58. The van der Waals surface area contributed by atoms with Gasteiger partial charge in [-0.3, -0.25) is 4.68 Å². The second-order valence-corrected chi connectivity index (χ2v) is 4.23. The first-order valence-electron chi connectivity index (χ1n) is 5.63. The molecular weight excluding hydrogens is 230 g/mol. The van der Waals surface area contributed by atoms with Crippen LogP contribution in [-0.4, -0.2) is 45.9 Å². The molecule has 2 aromatic rings. The van der Waals surface area contributed by atoms with Crippen LogP contribution < -0.4 is 10.2 Å². The lowest BCUT2D eigenvalue weighted by molar-refractivity contribution is 0.768. The SMILES string of the molecule is CNc1nc(-c2c(C)cnn2C)nc(N(C)C)n1. The van der Waals surface area contributed by atoms with Gasteiger partial charge in [0.2, 0.25) is 11.9 Å². The number of nitrogens with one attached hydrogen (secondary N) is 1. The quantitative estimate of drug-likeness (QED) is 0.860. The molecule has 0 bridgehead atoms. The van der Waals surface area contributed by atoms with Crippen LogP contribution in [0.5, 0.6) is 0 Å². The Labute approximate surface area is 106 Å². The molecule has 0 amide bonds. The molecule has 0 fully saturated rings. The number of aryl methyl sites for hydroxylation is 2. The zero-order valence-electron chi connectivity index (χ0n) is 11.3. The molecule has 0 radical (unpaired) electrons. The predicted molar refractivity (Wildman–Crippen MR) is 70.6 cm³/mol. The highest BCUT2D eigenvalue weighted by atomic mass is 15.3. The maximum Gasteiger partial charge on any atom is 0.230 e. The van der Waals surface area contributed by atoms with Gasteiger partial charge in [-0.1, -0.05) is 0 Å². The van der Waals surface area contributed by atoms with Gasteiger partial charge in [0.25, 0.3) is 0 Å². The van der Waals surface area contributed by atoms with Crippen LogP contribution in [0.2, 0.25) is 0 Å². The third-order valence-corrected chi connectivity index (χ3v) is 2.58. The molecule has 7 heteroatoms. The van der Waals surface area contributed by atoms with Gasteiger partial charge in [0.1, 0.15) is 5.69 Å². The summed E-state index contributed by atoms with van der Waals surface area (Å²) < 4.78 is 1.77. The van der Waals surface area contributed by atoms with E-state index in [4.69, 9.17) is 0 Å². The normalized spacial score (nSPS) is 10.5. The molecule has 2 heterocycles. The molecule has 0 aliphatic carbocycles. The Bertz CT molecular complexity index is 539. The van der Waals surface area contributed by atoms with Gasteiger partial charge in [0.05, 0.1) is 6.20 Å². The molecule has 96 valence electrons. The van der Waals surface area contributed by atoms with Gasteiger partial charge in [0.15, 0.2) is 5.82 Å². The highest BCUT2D eigenvalue weighted by molar-refractivity contribution is 5.57. The summed E-state index contributed by atoms with van der Waals surface area (Å²) in [6, 6.07) is 0. The van der Waals surface area contributed by atoms with Crippen molar-refractivity contribution in [3.8, 4) is 11.5 Å². The van der Waals surface area contributed by atoms with Crippen molar-refractivity contribution in [2.24, 2.45) is 7.05 Å². The second-order valence-electron chi connectivity index (χ2n) is 4.23. The van der Waals surface area contributed by atoms with Gasteiger partial charge in [-0.05, 0) is 12.5 Å². The average molecular weight is 247 g/mol. The van der Waals surface area contributed by atoms with E-state index < -0.39 is 0 Å². The minimum atomic E-state index is 0.546. The largest absolute Gasteiger partial charge is 0.357 e. The Hall–Kier alpha value is -2.18. The van der Waals surface area contributed by atoms with Gasteiger partial charge >= 0.3 is 0 Å². The maximum atomic E-state index is 4.45. The molecule has 18 heavy (non-hydrogen) atoms. The molecular formula is C11H17N7. The van der Waals surface area contributed by atoms with E-state index in [1.165, 1.54) is 0 Å². The van der Waals surface area contributed by atoms with Crippen molar-refractivity contribution < 1.29 is 0 Å². The van der Waals surface area contributed by atoms with Crippen LogP contribution in [0, 0.1) is 6.92 Å². The van der Waals surface area contributed by atoms with E-state index in [-0.39, 0.29) is 0 Å². The molecule has 0 saturated heterocycles. The zero-order chi connectivity index (χ0) is 13.3. The summed E-state index contributed by atoms with van der Waals surface area (Å²) in [4.78, 5) is 15.0. The van der Waals surface area contributed by atoms with Crippen LogP contribution in [0.4, 0.5) is 11.9 Å². The number of hydrogen-bond acceptors (Lipinski definition) is 6. The second kappa shape index (κ2) is 4.59. The molecule has 0 aliphatic heterocycles. The summed E-state index contributed by atoms with van der Waals surface area (Å²) in [7, 11) is 7.46. The van der Waals surface area contributed by atoms with E-state index in [2.05, 4.69) is 25.4 Å². The van der Waals surface area contributed by atoms with Gasteiger partial charge in [-0.2, -0.15) is 20.1 Å². The average Bonchev–Trinajstić information content (AvgIpc) is 2.68. The highest BCUT2D eigenvalue weighted by Gasteiger charge is 2.14. The van der Waals surface area contributed by atoms with E-state index in [0.717, 1.165) is 11.3 Å². The number of aromatic nitrogens is 5. The van der Waals surface area contributed by atoms with Crippen LogP contribution in [0.1, 0.15) is 5.56 Å². The molecule has 2 aromatic heterocycles. The minimum Gasteiger partial charge on any atom is -0.357 e. The fourth-order valence-corrected chi connectivity index (χ4v) is 1.65. The lowest BCUT2D eigenvalue weighted by Gasteiger charge is -2.12. The molecule has 0 atom stereocenters. The minimum absolute atomic E-state index is 0.546. The molecule has 7 nitrogen and oxygen atoms in total. The first-order valence-corrected chi connectivity index (χ1v) is 5.63. The van der Waals surface area contributed by atoms with Gasteiger partial charge in [0, 0.05) is 28.2 Å². The summed E-state index contributed by atoms with van der Waals surface area (Å²) in [5.41, 5.74) is 1.94. The number of anilines is 2. The van der Waals surface area contributed by atoms with Crippen molar-refractivity contribution in [3.05, 3.63) is 11.8 Å². The summed E-state index contributed by atoms with van der Waals surface area (Å²) in [6.45, 7) is 1.99. The number of hydrogen-bond donors (Lipinski definition) is 1. The summed E-state index contributed by atoms with van der Waals surface area (Å²) in [5, 5.41) is 7.15. The lowest BCUT2D eigenvalue weighted by Crippen LogP contribution is -2.15. The van der Waals surface area contributed by atoms with E-state index in [9.17, 15) is 0 Å². The van der Waals surface area contributed by atoms with Crippen molar-refractivity contribution in [2.45, 2.75) is 6.92 Å². The van der Waals surface area contributed by atoms with E-state index in [1.807, 2.05) is 33.0 Å². The molecule has 0 spiro atoms. The summed E-state index contributed by atoms with van der Waals surface area (Å²) >= 11 is 0. The molecule has 0 unspecified atom stereocenters. The van der Waals surface area contributed by atoms with Gasteiger partial charge in [-0.25, -0.2) is 0 Å². The maximum absolute atomic E-state index is 4.45. The van der Waals surface area contributed by atoms with Crippen LogP contribution in [-0.2, 0) is 7.05 Å². The first kappa shape index (κ1) is 12.3. The smallest absolute Gasteiger partial charge is 0.230 e.